The number of nitrogens with zero attached hydrogens (tertiary/aromatic N) is 1. The first-order valence-corrected chi connectivity index (χ1v) is 10.1. The average molecular weight is 362 g/mol. The van der Waals surface area contributed by atoms with Crippen LogP contribution in [0.5, 0.6) is 0 Å². The maximum Gasteiger partial charge on any atom is 0.167 e. The van der Waals surface area contributed by atoms with Gasteiger partial charge in [-0.05, 0) is 37.5 Å². The zero-order valence-corrected chi connectivity index (χ0v) is 16.1. The quantitative estimate of drug-likeness (QED) is 0.788. The Kier molecular flexibility index (Phi) is 7.08. The molecule has 0 unspecified atom stereocenters. The van der Waals surface area contributed by atoms with Crippen molar-refractivity contribution in [2.75, 3.05) is 32.8 Å². The summed E-state index contributed by atoms with van der Waals surface area (Å²) in [6.45, 7) is 6.72. The Morgan fingerprint density at radius 2 is 1.84 bits per heavy atom. The van der Waals surface area contributed by atoms with E-state index >= 15 is 0 Å². The van der Waals surface area contributed by atoms with Crippen molar-refractivity contribution < 1.29 is 4.74 Å². The molecule has 3 rings (SSSR count). The Hall–Kier alpha value is -1.17. The van der Waals surface area contributed by atoms with Crippen LogP contribution in [-0.4, -0.2) is 48.9 Å². The molecule has 0 bridgehead atoms. The van der Waals surface area contributed by atoms with Crippen LogP contribution in [0, 0.1) is 6.92 Å². The number of rotatable bonds is 5. The van der Waals surface area contributed by atoms with E-state index in [1.165, 1.54) is 43.2 Å². The Morgan fingerprint density at radius 1 is 1.16 bits per heavy atom. The third kappa shape index (κ3) is 5.94. The van der Waals surface area contributed by atoms with Gasteiger partial charge >= 0.3 is 0 Å². The number of thiocarbonyl (C=S) groups is 1. The van der Waals surface area contributed by atoms with E-state index in [0.29, 0.717) is 6.04 Å². The van der Waals surface area contributed by atoms with Gasteiger partial charge in [0, 0.05) is 25.7 Å². The van der Waals surface area contributed by atoms with Crippen LogP contribution in [0.1, 0.15) is 49.3 Å². The predicted octanol–water partition coefficient (Wildman–Crippen LogP) is 3.17. The first-order valence-electron chi connectivity index (χ1n) is 9.64. The molecule has 1 heterocycles. The molecule has 0 spiro atoms. The summed E-state index contributed by atoms with van der Waals surface area (Å²) in [5, 5.41) is 7.93. The second-order valence-corrected chi connectivity index (χ2v) is 7.74. The Balaban J connectivity index is 1.62. The topological polar surface area (TPSA) is 36.5 Å². The molecule has 2 fully saturated rings. The lowest BCUT2D eigenvalue weighted by molar-refractivity contribution is 0.0343. The van der Waals surface area contributed by atoms with Crippen molar-refractivity contribution in [1.29, 1.82) is 0 Å². The summed E-state index contributed by atoms with van der Waals surface area (Å²) in [5.41, 5.74) is 2.58. The van der Waals surface area contributed by atoms with Crippen LogP contribution < -0.4 is 10.6 Å². The number of nitrogens with one attached hydrogen (secondary N) is 2. The van der Waals surface area contributed by atoms with Crippen molar-refractivity contribution in [3.63, 3.8) is 0 Å². The molecular formula is C20H31N3OS. The molecule has 2 N–H and O–H groups in total. The molecular weight excluding hydrogens is 330 g/mol. The molecule has 0 amide bonds. The van der Waals surface area contributed by atoms with Crippen LogP contribution in [0.3, 0.4) is 0 Å². The highest BCUT2D eigenvalue weighted by molar-refractivity contribution is 7.80. The van der Waals surface area contributed by atoms with E-state index in [4.69, 9.17) is 17.0 Å². The van der Waals surface area contributed by atoms with E-state index < -0.39 is 0 Å². The van der Waals surface area contributed by atoms with Crippen LogP contribution in [0.15, 0.2) is 24.3 Å². The number of hydrogen-bond donors (Lipinski definition) is 2. The number of benzene rings is 1. The fraction of sp³-hybridized carbons (Fsp3) is 0.650. The Bertz CT molecular complexity index is 536. The molecule has 4 nitrogen and oxygen atoms in total. The molecule has 138 valence electrons. The molecule has 1 aromatic rings. The summed E-state index contributed by atoms with van der Waals surface area (Å²) in [6.07, 6.45) is 6.47. The van der Waals surface area contributed by atoms with Gasteiger partial charge in [-0.15, -0.1) is 0 Å². The second kappa shape index (κ2) is 9.51. The van der Waals surface area contributed by atoms with E-state index in [0.717, 1.165) is 38.0 Å². The Labute approximate surface area is 157 Å². The second-order valence-electron chi connectivity index (χ2n) is 7.33. The molecule has 1 atom stereocenters. The summed E-state index contributed by atoms with van der Waals surface area (Å²) in [6, 6.07) is 9.55. The zero-order chi connectivity index (χ0) is 17.5. The molecule has 1 aliphatic carbocycles. The molecule has 0 aromatic heterocycles. The fourth-order valence-corrected chi connectivity index (χ4v) is 4.02. The van der Waals surface area contributed by atoms with Crippen LogP contribution in [0.25, 0.3) is 0 Å². The zero-order valence-electron chi connectivity index (χ0n) is 15.3. The van der Waals surface area contributed by atoms with Gasteiger partial charge in [0.05, 0.1) is 19.3 Å². The minimum atomic E-state index is 0.210. The smallest absolute Gasteiger partial charge is 0.167 e. The van der Waals surface area contributed by atoms with E-state index in [-0.39, 0.29) is 6.04 Å². The minimum Gasteiger partial charge on any atom is -0.379 e. The van der Waals surface area contributed by atoms with E-state index in [2.05, 4.69) is 46.7 Å². The highest BCUT2D eigenvalue weighted by Gasteiger charge is 2.20. The third-order valence-electron chi connectivity index (χ3n) is 5.27. The number of ether oxygens (including phenoxy) is 1. The molecule has 5 heteroatoms. The SMILES string of the molecule is Cc1ccc([C@H](CN2CCOCC2)NC(=S)NC2CCCCC2)cc1. The summed E-state index contributed by atoms with van der Waals surface area (Å²) in [4.78, 5) is 2.46. The molecule has 1 saturated carbocycles. The lowest BCUT2D eigenvalue weighted by Crippen LogP contribution is -2.48. The lowest BCUT2D eigenvalue weighted by atomic mass is 9.96. The van der Waals surface area contributed by atoms with Gasteiger partial charge in [-0.3, -0.25) is 4.90 Å². The lowest BCUT2D eigenvalue weighted by Gasteiger charge is -2.32. The van der Waals surface area contributed by atoms with Gasteiger partial charge < -0.3 is 15.4 Å². The fourth-order valence-electron chi connectivity index (χ4n) is 3.71. The van der Waals surface area contributed by atoms with Crippen LogP contribution in [-0.2, 0) is 4.74 Å². The summed E-state index contributed by atoms with van der Waals surface area (Å²) < 4.78 is 5.48. The van der Waals surface area contributed by atoms with E-state index in [1.54, 1.807) is 0 Å². The van der Waals surface area contributed by atoms with E-state index in [9.17, 15) is 0 Å². The maximum atomic E-state index is 5.64. The van der Waals surface area contributed by atoms with Gasteiger partial charge in [-0.2, -0.15) is 0 Å². The summed E-state index contributed by atoms with van der Waals surface area (Å²) in [5.74, 6) is 0. The Morgan fingerprint density at radius 3 is 2.52 bits per heavy atom. The van der Waals surface area contributed by atoms with Crippen LogP contribution in [0.4, 0.5) is 0 Å². The average Bonchev–Trinajstić information content (AvgIpc) is 2.63. The summed E-state index contributed by atoms with van der Waals surface area (Å²) >= 11 is 5.64. The molecule has 1 aromatic carbocycles. The van der Waals surface area contributed by atoms with Crippen molar-refractivity contribution in [2.45, 2.75) is 51.1 Å². The third-order valence-corrected chi connectivity index (χ3v) is 5.51. The highest BCUT2D eigenvalue weighted by Crippen LogP contribution is 2.19. The largest absolute Gasteiger partial charge is 0.379 e. The molecule has 25 heavy (non-hydrogen) atoms. The predicted molar refractivity (Wildman–Crippen MR) is 107 cm³/mol. The van der Waals surface area contributed by atoms with Gasteiger partial charge in [0.1, 0.15) is 0 Å². The van der Waals surface area contributed by atoms with Crippen LogP contribution in [0.2, 0.25) is 0 Å². The van der Waals surface area contributed by atoms with Crippen molar-refractivity contribution in [3.8, 4) is 0 Å². The minimum absolute atomic E-state index is 0.210. The summed E-state index contributed by atoms with van der Waals surface area (Å²) in [7, 11) is 0. The monoisotopic (exact) mass is 361 g/mol. The van der Waals surface area contributed by atoms with Gasteiger partial charge in [0.25, 0.3) is 0 Å². The molecule has 1 aliphatic heterocycles. The van der Waals surface area contributed by atoms with Crippen molar-refractivity contribution in [1.82, 2.24) is 15.5 Å². The van der Waals surface area contributed by atoms with Gasteiger partial charge in [0.15, 0.2) is 5.11 Å². The molecule has 2 aliphatic rings. The van der Waals surface area contributed by atoms with Gasteiger partial charge in [-0.25, -0.2) is 0 Å². The normalized spacial score (nSPS) is 20.8. The highest BCUT2D eigenvalue weighted by atomic mass is 32.1. The van der Waals surface area contributed by atoms with Crippen molar-refractivity contribution in [3.05, 3.63) is 35.4 Å². The number of morpholine rings is 1. The van der Waals surface area contributed by atoms with Gasteiger partial charge in [-0.1, -0.05) is 49.1 Å². The van der Waals surface area contributed by atoms with Crippen molar-refractivity contribution >= 4 is 17.3 Å². The standard InChI is InChI=1S/C20H31N3OS/c1-16-7-9-17(10-8-16)19(15-23-11-13-24-14-12-23)22-20(25)21-18-5-3-2-4-6-18/h7-10,18-19H,2-6,11-15H2,1H3,(H2,21,22,25)/t19-/m0/s1. The molecule has 1 saturated heterocycles. The first-order chi connectivity index (χ1) is 12.2. The molecule has 0 radical (unpaired) electrons. The first kappa shape index (κ1) is 18.6. The van der Waals surface area contributed by atoms with Gasteiger partial charge in [0.2, 0.25) is 0 Å². The maximum absolute atomic E-state index is 5.64. The number of aryl methyl sites for hydroxylation is 1. The van der Waals surface area contributed by atoms with E-state index in [1.807, 2.05) is 0 Å². The van der Waals surface area contributed by atoms with Crippen molar-refractivity contribution in [2.24, 2.45) is 0 Å². The number of hydrogen-bond acceptors (Lipinski definition) is 3. The van der Waals surface area contributed by atoms with Crippen LogP contribution >= 0.6 is 12.2 Å².